The van der Waals surface area contributed by atoms with Crippen LogP contribution in [0.15, 0.2) is 53.5 Å². The second-order valence-electron chi connectivity index (χ2n) is 6.37. The average molecular weight is 426 g/mol. The van der Waals surface area contributed by atoms with Crippen molar-refractivity contribution >= 4 is 35.2 Å². The van der Waals surface area contributed by atoms with E-state index in [-0.39, 0.29) is 18.3 Å². The Hall–Kier alpha value is -3.88. The first-order chi connectivity index (χ1) is 14.9. The Bertz CT molecular complexity index is 944. The van der Waals surface area contributed by atoms with Crippen LogP contribution in [0.4, 0.5) is 16.2 Å². The fourth-order valence-corrected chi connectivity index (χ4v) is 2.43. The quantitative estimate of drug-likeness (QED) is 0.449. The van der Waals surface area contributed by atoms with E-state index in [1.165, 1.54) is 7.11 Å². The van der Waals surface area contributed by atoms with E-state index >= 15 is 0 Å². The first-order valence-electron chi connectivity index (χ1n) is 9.85. The maximum Gasteiger partial charge on any atom is 0.413 e. The van der Waals surface area contributed by atoms with Crippen LogP contribution in [0.3, 0.4) is 0 Å². The number of benzene rings is 2. The van der Waals surface area contributed by atoms with Crippen LogP contribution in [0, 0.1) is 0 Å². The molecular weight excluding hydrogens is 400 g/mol. The summed E-state index contributed by atoms with van der Waals surface area (Å²) in [4.78, 5) is 39.5. The molecule has 9 heteroatoms. The van der Waals surface area contributed by atoms with Crippen molar-refractivity contribution in [3.8, 4) is 11.5 Å². The highest BCUT2D eigenvalue weighted by Crippen LogP contribution is 2.30. The second kappa shape index (κ2) is 12.0. The lowest BCUT2D eigenvalue weighted by molar-refractivity contribution is -0.117. The Morgan fingerprint density at radius 2 is 1.68 bits per heavy atom. The van der Waals surface area contributed by atoms with Gasteiger partial charge in [-0.3, -0.25) is 14.9 Å². The average Bonchev–Trinajstić information content (AvgIpc) is 2.76. The summed E-state index contributed by atoms with van der Waals surface area (Å²) >= 11 is 0. The van der Waals surface area contributed by atoms with E-state index in [9.17, 15) is 14.4 Å². The number of nitrogens with one attached hydrogen (secondary N) is 3. The normalized spacial score (nSPS) is 10.7. The van der Waals surface area contributed by atoms with Crippen molar-refractivity contribution < 1.29 is 23.9 Å². The van der Waals surface area contributed by atoms with Gasteiger partial charge in [0.2, 0.25) is 17.8 Å². The molecule has 0 saturated carbocycles. The monoisotopic (exact) mass is 426 g/mol. The Balaban J connectivity index is 2.38. The number of nitrogens with zero attached hydrogens (tertiary/aromatic N) is 1. The highest BCUT2D eigenvalue weighted by molar-refractivity contribution is 6.09. The number of methoxy groups -OCH3 is 1. The molecule has 0 bridgehead atoms. The summed E-state index contributed by atoms with van der Waals surface area (Å²) in [6.07, 6.45) is 0.372. The minimum atomic E-state index is -0.802. The third-order valence-electron chi connectivity index (χ3n) is 3.92. The van der Waals surface area contributed by atoms with Crippen LogP contribution in [0.25, 0.3) is 0 Å². The van der Waals surface area contributed by atoms with Gasteiger partial charge in [-0.25, -0.2) is 4.79 Å². The highest BCUT2D eigenvalue weighted by atomic mass is 16.5. The van der Waals surface area contributed by atoms with Gasteiger partial charge >= 0.3 is 6.09 Å². The van der Waals surface area contributed by atoms with Crippen LogP contribution in [0.5, 0.6) is 11.5 Å². The molecule has 0 saturated heterocycles. The van der Waals surface area contributed by atoms with Crippen molar-refractivity contribution in [2.75, 3.05) is 17.7 Å². The number of alkyl carbamates (subject to hydrolysis) is 1. The number of amides is 3. The van der Waals surface area contributed by atoms with E-state index in [2.05, 4.69) is 25.7 Å². The zero-order chi connectivity index (χ0) is 22.6. The van der Waals surface area contributed by atoms with Gasteiger partial charge in [0.25, 0.3) is 0 Å². The number of ether oxygens (including phenoxy) is 2. The van der Waals surface area contributed by atoms with Crippen molar-refractivity contribution in [3.05, 3.63) is 48.5 Å². The summed E-state index contributed by atoms with van der Waals surface area (Å²) in [5.74, 6) is 0.334. The lowest BCUT2D eigenvalue weighted by Crippen LogP contribution is -2.36. The SMILES string of the molecule is CCCC(=O)Nc1ccc(Oc2ccccc2)cc1NC(=NC(=O)CC)NC(=O)OC. The maximum atomic E-state index is 12.1. The molecule has 2 rings (SSSR count). The van der Waals surface area contributed by atoms with Gasteiger partial charge in [0.1, 0.15) is 11.5 Å². The molecule has 164 valence electrons. The summed E-state index contributed by atoms with van der Waals surface area (Å²) in [5, 5.41) is 8.03. The van der Waals surface area contributed by atoms with E-state index in [0.29, 0.717) is 35.7 Å². The lowest BCUT2D eigenvalue weighted by Gasteiger charge is -2.16. The predicted octanol–water partition coefficient (Wildman–Crippen LogP) is 4.28. The molecule has 0 radical (unpaired) electrons. The van der Waals surface area contributed by atoms with Crippen LogP contribution in [-0.4, -0.2) is 31.0 Å². The molecule has 9 nitrogen and oxygen atoms in total. The maximum absolute atomic E-state index is 12.1. The van der Waals surface area contributed by atoms with Crippen molar-refractivity contribution in [1.29, 1.82) is 0 Å². The molecule has 0 aliphatic heterocycles. The van der Waals surface area contributed by atoms with Crippen LogP contribution in [0.1, 0.15) is 33.1 Å². The standard InChI is InChI=1S/C22H26N4O5/c1-4-9-20(28)23-17-13-12-16(31-15-10-7-6-8-11-15)14-18(17)24-21(25-19(27)5-2)26-22(29)30-3/h6-8,10-14H,4-5,9H2,1-3H3,(H,23,28)(H2,24,25,26,27,29). The Labute approximate surface area is 180 Å². The molecule has 0 aliphatic rings. The number of guanidine groups is 1. The predicted molar refractivity (Wildman–Crippen MR) is 118 cm³/mol. The van der Waals surface area contributed by atoms with Gasteiger partial charge in [-0.2, -0.15) is 4.99 Å². The topological polar surface area (TPSA) is 118 Å². The molecule has 0 aliphatic carbocycles. The molecule has 2 aromatic rings. The Morgan fingerprint density at radius 1 is 0.935 bits per heavy atom. The molecule has 0 heterocycles. The first kappa shape index (κ1) is 23.4. The summed E-state index contributed by atoms with van der Waals surface area (Å²) in [6, 6.07) is 14.1. The van der Waals surface area contributed by atoms with Gasteiger partial charge in [0.15, 0.2) is 0 Å². The number of carbonyl (C=O) groups is 3. The van der Waals surface area contributed by atoms with Crippen molar-refractivity contribution in [2.24, 2.45) is 4.99 Å². The van der Waals surface area contributed by atoms with E-state index in [1.54, 1.807) is 37.3 Å². The van der Waals surface area contributed by atoms with Gasteiger partial charge in [0.05, 0.1) is 18.5 Å². The van der Waals surface area contributed by atoms with Crippen molar-refractivity contribution in [1.82, 2.24) is 5.32 Å². The van der Waals surface area contributed by atoms with Crippen LogP contribution < -0.4 is 20.7 Å². The third kappa shape index (κ3) is 7.81. The lowest BCUT2D eigenvalue weighted by atomic mass is 10.2. The Morgan fingerprint density at radius 3 is 2.32 bits per heavy atom. The molecule has 3 amide bonds. The molecule has 0 unspecified atom stereocenters. The van der Waals surface area contributed by atoms with Crippen molar-refractivity contribution in [2.45, 2.75) is 33.1 Å². The number of anilines is 2. The van der Waals surface area contributed by atoms with Gasteiger partial charge in [-0.15, -0.1) is 0 Å². The number of hydrogen-bond acceptors (Lipinski definition) is 5. The van der Waals surface area contributed by atoms with Gasteiger partial charge in [0, 0.05) is 18.9 Å². The minimum absolute atomic E-state index is 0.137. The molecule has 0 atom stereocenters. The molecule has 3 N–H and O–H groups in total. The largest absolute Gasteiger partial charge is 0.457 e. The number of para-hydroxylation sites is 1. The molecule has 0 fully saturated rings. The van der Waals surface area contributed by atoms with Gasteiger partial charge < -0.3 is 20.1 Å². The number of carbonyl (C=O) groups excluding carboxylic acids is 3. The Kier molecular flexibility index (Phi) is 9.03. The number of rotatable bonds is 7. The van der Waals surface area contributed by atoms with Crippen molar-refractivity contribution in [3.63, 3.8) is 0 Å². The zero-order valence-electron chi connectivity index (χ0n) is 17.7. The molecule has 0 aromatic heterocycles. The summed E-state index contributed by atoms with van der Waals surface area (Å²) in [5.41, 5.74) is 0.805. The fourth-order valence-electron chi connectivity index (χ4n) is 2.43. The summed E-state index contributed by atoms with van der Waals surface area (Å²) < 4.78 is 10.4. The second-order valence-corrected chi connectivity index (χ2v) is 6.37. The summed E-state index contributed by atoms with van der Waals surface area (Å²) in [6.45, 7) is 3.54. The van der Waals surface area contributed by atoms with E-state index < -0.39 is 12.0 Å². The molecule has 0 spiro atoms. The molecular formula is C22H26N4O5. The fraction of sp³-hybridized carbons (Fsp3) is 0.273. The molecule has 2 aromatic carbocycles. The smallest absolute Gasteiger partial charge is 0.413 e. The van der Waals surface area contributed by atoms with E-state index in [1.807, 2.05) is 25.1 Å². The third-order valence-corrected chi connectivity index (χ3v) is 3.92. The highest BCUT2D eigenvalue weighted by Gasteiger charge is 2.14. The minimum Gasteiger partial charge on any atom is -0.457 e. The molecule has 31 heavy (non-hydrogen) atoms. The number of hydrogen-bond donors (Lipinski definition) is 3. The first-order valence-corrected chi connectivity index (χ1v) is 9.85. The van der Waals surface area contributed by atoms with Crippen LogP contribution in [0.2, 0.25) is 0 Å². The van der Waals surface area contributed by atoms with E-state index in [0.717, 1.165) is 0 Å². The van der Waals surface area contributed by atoms with Crippen LogP contribution >= 0.6 is 0 Å². The van der Waals surface area contributed by atoms with Gasteiger partial charge in [-0.05, 0) is 30.7 Å². The van der Waals surface area contributed by atoms with E-state index in [4.69, 9.17) is 4.74 Å². The number of aliphatic imine (C=N–C) groups is 1. The van der Waals surface area contributed by atoms with Crippen LogP contribution in [-0.2, 0) is 14.3 Å². The zero-order valence-corrected chi connectivity index (χ0v) is 17.7. The van der Waals surface area contributed by atoms with Gasteiger partial charge in [-0.1, -0.05) is 32.0 Å². The summed E-state index contributed by atoms with van der Waals surface area (Å²) in [7, 11) is 1.19.